The van der Waals surface area contributed by atoms with Gasteiger partial charge in [-0.1, -0.05) is 6.07 Å². The van der Waals surface area contributed by atoms with Crippen molar-refractivity contribution in [3.8, 4) is 0 Å². The van der Waals surface area contributed by atoms with Gasteiger partial charge in [-0.25, -0.2) is 9.59 Å². The number of unbranched alkanes of at least 4 members (excludes halogenated alkanes) is 2. The van der Waals surface area contributed by atoms with Crippen LogP contribution in [0, 0.1) is 0 Å². The zero-order valence-corrected chi connectivity index (χ0v) is 13.5. The van der Waals surface area contributed by atoms with Gasteiger partial charge in [-0.15, -0.1) is 0 Å². The van der Waals surface area contributed by atoms with E-state index >= 15 is 0 Å². The van der Waals surface area contributed by atoms with Crippen LogP contribution < -0.4 is 0 Å². The van der Waals surface area contributed by atoms with Crippen LogP contribution >= 0.6 is 0 Å². The molecule has 1 aromatic rings. The van der Waals surface area contributed by atoms with E-state index in [-0.39, 0.29) is 13.2 Å². The monoisotopic (exact) mass is 324 g/mol. The van der Waals surface area contributed by atoms with E-state index in [1.807, 2.05) is 0 Å². The van der Waals surface area contributed by atoms with Crippen molar-refractivity contribution in [2.45, 2.75) is 25.7 Å². The molecule has 128 valence electrons. The smallest absolute Gasteiger partial charge is 0.338 e. The molecular formula is C17H24O6. The van der Waals surface area contributed by atoms with Crippen LogP contribution in [0.4, 0.5) is 0 Å². The molecule has 1 aromatic carbocycles. The number of rotatable bonds is 11. The number of hydrogen-bond donors (Lipinski definition) is 1. The fourth-order valence-corrected chi connectivity index (χ4v) is 1.83. The summed E-state index contributed by atoms with van der Waals surface area (Å²) in [6.07, 6.45) is 2.74. The maximum atomic E-state index is 11.9. The molecule has 0 aliphatic heterocycles. The molecular weight excluding hydrogens is 300 g/mol. The molecule has 0 radical (unpaired) electrons. The van der Waals surface area contributed by atoms with Crippen molar-refractivity contribution < 1.29 is 28.9 Å². The summed E-state index contributed by atoms with van der Waals surface area (Å²) in [4.78, 5) is 23.8. The Morgan fingerprint density at radius 3 is 1.96 bits per heavy atom. The van der Waals surface area contributed by atoms with E-state index in [2.05, 4.69) is 0 Å². The van der Waals surface area contributed by atoms with Crippen LogP contribution in [0.25, 0.3) is 0 Å². The quantitative estimate of drug-likeness (QED) is 0.496. The molecule has 0 aliphatic rings. The minimum Gasteiger partial charge on any atom is -0.462 e. The second-order valence-corrected chi connectivity index (χ2v) is 4.98. The number of benzene rings is 1. The van der Waals surface area contributed by atoms with Gasteiger partial charge in [0.15, 0.2) is 0 Å². The molecule has 0 saturated carbocycles. The Morgan fingerprint density at radius 1 is 0.913 bits per heavy atom. The molecule has 6 heteroatoms. The van der Waals surface area contributed by atoms with Gasteiger partial charge in [-0.2, -0.15) is 0 Å². The molecule has 1 N–H and O–H groups in total. The number of esters is 2. The third-order valence-corrected chi connectivity index (χ3v) is 3.10. The lowest BCUT2D eigenvalue weighted by molar-refractivity contribution is 0.0488. The van der Waals surface area contributed by atoms with Gasteiger partial charge in [-0.3, -0.25) is 0 Å². The first-order valence-corrected chi connectivity index (χ1v) is 7.73. The average molecular weight is 324 g/mol. The van der Waals surface area contributed by atoms with Crippen molar-refractivity contribution in [1.29, 1.82) is 0 Å². The minimum absolute atomic E-state index is 0.0727. The summed E-state index contributed by atoms with van der Waals surface area (Å²) in [5, 5.41) is 8.67. The highest BCUT2D eigenvalue weighted by Crippen LogP contribution is 2.09. The molecule has 0 atom stereocenters. The molecule has 0 aliphatic carbocycles. The third kappa shape index (κ3) is 7.76. The summed E-state index contributed by atoms with van der Waals surface area (Å²) in [5.74, 6) is -0.949. The van der Waals surface area contributed by atoms with Crippen molar-refractivity contribution in [2.75, 3.05) is 33.5 Å². The molecule has 23 heavy (non-hydrogen) atoms. The molecule has 0 amide bonds. The van der Waals surface area contributed by atoms with E-state index < -0.39 is 11.9 Å². The highest BCUT2D eigenvalue weighted by Gasteiger charge is 2.12. The summed E-state index contributed by atoms with van der Waals surface area (Å²) in [5.41, 5.74) is 0.629. The van der Waals surface area contributed by atoms with Crippen LogP contribution in [0.15, 0.2) is 24.3 Å². The van der Waals surface area contributed by atoms with Crippen molar-refractivity contribution in [1.82, 2.24) is 0 Å². The molecule has 0 unspecified atom stereocenters. The summed E-state index contributed by atoms with van der Waals surface area (Å²) in [6.45, 7) is 1.27. The van der Waals surface area contributed by atoms with Crippen LogP contribution in [0.3, 0.4) is 0 Å². The Bertz CT molecular complexity index is 486. The number of hydrogen-bond acceptors (Lipinski definition) is 6. The standard InChI is InChI=1S/C17H24O6/c1-21-10-4-5-12-23-17(20)15-8-6-7-14(13-15)16(19)22-11-3-2-9-18/h6-8,13,18H,2-5,9-12H2,1H3. The van der Waals surface area contributed by atoms with Crippen molar-refractivity contribution >= 4 is 11.9 Å². The maximum Gasteiger partial charge on any atom is 0.338 e. The molecule has 6 nitrogen and oxygen atoms in total. The predicted octanol–water partition coefficient (Wildman–Crippen LogP) is 2.20. The number of ether oxygens (including phenoxy) is 3. The topological polar surface area (TPSA) is 82.1 Å². The Morgan fingerprint density at radius 2 is 1.43 bits per heavy atom. The predicted molar refractivity (Wildman–Crippen MR) is 84.4 cm³/mol. The van der Waals surface area contributed by atoms with Gasteiger partial charge in [0, 0.05) is 20.3 Å². The summed E-state index contributed by atoms with van der Waals surface area (Å²) < 4.78 is 15.1. The van der Waals surface area contributed by atoms with Crippen LogP contribution in [-0.2, 0) is 14.2 Å². The molecule has 1 rings (SSSR count). The molecule has 0 fully saturated rings. The molecule has 0 heterocycles. The van der Waals surface area contributed by atoms with Crippen LogP contribution in [0.1, 0.15) is 46.4 Å². The van der Waals surface area contributed by atoms with E-state index in [0.29, 0.717) is 37.2 Å². The van der Waals surface area contributed by atoms with Gasteiger partial charge in [0.1, 0.15) is 0 Å². The number of aliphatic hydroxyl groups is 1. The largest absolute Gasteiger partial charge is 0.462 e. The van der Waals surface area contributed by atoms with E-state index in [0.717, 1.165) is 12.8 Å². The fraction of sp³-hybridized carbons (Fsp3) is 0.529. The summed E-state index contributed by atoms with van der Waals surface area (Å²) in [7, 11) is 1.63. The fourth-order valence-electron chi connectivity index (χ4n) is 1.83. The Balaban J connectivity index is 2.45. The first-order valence-electron chi connectivity index (χ1n) is 7.73. The summed E-state index contributed by atoms with van der Waals surface area (Å²) in [6, 6.07) is 6.27. The highest BCUT2D eigenvalue weighted by atomic mass is 16.5. The van der Waals surface area contributed by atoms with Crippen LogP contribution in [-0.4, -0.2) is 50.6 Å². The van der Waals surface area contributed by atoms with Gasteiger partial charge in [0.05, 0.1) is 24.3 Å². The van der Waals surface area contributed by atoms with Crippen LogP contribution in [0.5, 0.6) is 0 Å². The van der Waals surface area contributed by atoms with Gasteiger partial charge < -0.3 is 19.3 Å². The number of carbonyl (C=O) groups is 2. The van der Waals surface area contributed by atoms with E-state index in [9.17, 15) is 9.59 Å². The second kappa shape index (κ2) is 11.6. The number of aliphatic hydroxyl groups excluding tert-OH is 1. The first kappa shape index (κ1) is 19.1. The zero-order chi connectivity index (χ0) is 16.9. The normalized spacial score (nSPS) is 10.3. The van der Waals surface area contributed by atoms with Crippen molar-refractivity contribution in [3.63, 3.8) is 0 Å². The molecule has 0 spiro atoms. The van der Waals surface area contributed by atoms with Gasteiger partial charge in [-0.05, 0) is 43.9 Å². The van der Waals surface area contributed by atoms with Crippen molar-refractivity contribution in [2.24, 2.45) is 0 Å². The Kier molecular flexibility index (Phi) is 9.66. The third-order valence-electron chi connectivity index (χ3n) is 3.10. The van der Waals surface area contributed by atoms with E-state index in [4.69, 9.17) is 19.3 Å². The highest BCUT2D eigenvalue weighted by molar-refractivity contribution is 5.95. The van der Waals surface area contributed by atoms with Crippen LogP contribution in [0.2, 0.25) is 0 Å². The maximum absolute atomic E-state index is 11.9. The van der Waals surface area contributed by atoms with Crippen molar-refractivity contribution in [3.05, 3.63) is 35.4 Å². The summed E-state index contributed by atoms with van der Waals surface area (Å²) >= 11 is 0. The molecule has 0 bridgehead atoms. The minimum atomic E-state index is -0.488. The average Bonchev–Trinajstić information content (AvgIpc) is 2.58. The Hall–Kier alpha value is -1.92. The molecule has 0 aromatic heterocycles. The SMILES string of the molecule is COCCCCOC(=O)c1cccc(C(=O)OCCCCO)c1. The lowest BCUT2D eigenvalue weighted by atomic mass is 10.1. The van der Waals surface area contributed by atoms with Gasteiger partial charge in [0.25, 0.3) is 0 Å². The molecule has 0 saturated heterocycles. The second-order valence-electron chi connectivity index (χ2n) is 4.98. The van der Waals surface area contributed by atoms with Gasteiger partial charge in [0.2, 0.25) is 0 Å². The first-order chi connectivity index (χ1) is 11.2. The Labute approximate surface area is 136 Å². The van der Waals surface area contributed by atoms with E-state index in [1.165, 1.54) is 6.07 Å². The number of methoxy groups -OCH3 is 1. The number of carbonyl (C=O) groups excluding carboxylic acids is 2. The van der Waals surface area contributed by atoms with Gasteiger partial charge >= 0.3 is 11.9 Å². The lowest BCUT2D eigenvalue weighted by Gasteiger charge is -2.07. The lowest BCUT2D eigenvalue weighted by Crippen LogP contribution is -2.10. The zero-order valence-electron chi connectivity index (χ0n) is 13.5. The van der Waals surface area contributed by atoms with E-state index in [1.54, 1.807) is 25.3 Å².